The van der Waals surface area contributed by atoms with Crippen molar-refractivity contribution in [2.24, 2.45) is 16.6 Å². The van der Waals surface area contributed by atoms with E-state index >= 15 is 0 Å². The molecule has 1 aliphatic carbocycles. The highest BCUT2D eigenvalue weighted by atomic mass is 14.9. The average Bonchev–Trinajstić information content (AvgIpc) is 2.15. The Hall–Kier alpha value is -0.0800. The van der Waals surface area contributed by atoms with Crippen LogP contribution in [0.2, 0.25) is 0 Å². The third-order valence-corrected chi connectivity index (χ3v) is 4.63. The molecule has 0 atom stereocenters. The molecule has 1 rings (SSSR count). The Balaban J connectivity index is 2.34. The van der Waals surface area contributed by atoms with E-state index in [0.717, 1.165) is 6.54 Å². The van der Waals surface area contributed by atoms with Gasteiger partial charge in [0, 0.05) is 18.6 Å². The molecule has 16 heavy (non-hydrogen) atoms. The second-order valence-corrected chi connectivity index (χ2v) is 7.13. The third kappa shape index (κ3) is 3.74. The lowest BCUT2D eigenvalue weighted by molar-refractivity contribution is 0.120. The van der Waals surface area contributed by atoms with E-state index in [1.807, 2.05) is 0 Å². The highest BCUT2D eigenvalue weighted by molar-refractivity contribution is 4.87. The summed E-state index contributed by atoms with van der Waals surface area (Å²) in [5.74, 6) is 0. The van der Waals surface area contributed by atoms with E-state index in [4.69, 9.17) is 5.73 Å². The molecule has 0 amide bonds. The summed E-state index contributed by atoms with van der Waals surface area (Å²) in [6.45, 7) is 12.8. The van der Waals surface area contributed by atoms with Crippen LogP contribution < -0.4 is 11.1 Å². The van der Waals surface area contributed by atoms with Gasteiger partial charge in [-0.05, 0) is 36.5 Å². The first-order valence-corrected chi connectivity index (χ1v) is 6.71. The van der Waals surface area contributed by atoms with E-state index in [0.29, 0.717) is 22.9 Å². The van der Waals surface area contributed by atoms with Crippen molar-refractivity contribution in [3.05, 3.63) is 0 Å². The highest BCUT2D eigenvalue weighted by Crippen LogP contribution is 2.37. The average molecular weight is 226 g/mol. The van der Waals surface area contributed by atoms with Crippen LogP contribution in [-0.4, -0.2) is 18.6 Å². The van der Waals surface area contributed by atoms with Crippen molar-refractivity contribution >= 4 is 0 Å². The van der Waals surface area contributed by atoms with E-state index in [-0.39, 0.29) is 0 Å². The minimum atomic E-state index is 0.340. The summed E-state index contributed by atoms with van der Waals surface area (Å²) >= 11 is 0. The Morgan fingerprint density at radius 3 is 1.94 bits per heavy atom. The molecule has 0 saturated heterocycles. The fraction of sp³-hybridized carbons (Fsp3) is 1.00. The lowest BCUT2D eigenvalue weighted by Gasteiger charge is -2.40. The molecule has 0 radical (unpaired) electrons. The highest BCUT2D eigenvalue weighted by Gasteiger charge is 2.33. The molecule has 0 aromatic heterocycles. The molecule has 0 heterocycles. The van der Waals surface area contributed by atoms with Crippen molar-refractivity contribution in [1.82, 2.24) is 5.32 Å². The molecule has 1 fully saturated rings. The smallest absolute Gasteiger partial charge is 0.00684 e. The standard InChI is InChI=1S/C14H30N2/c1-13(2,3)14(4,5)10-16-12-8-6-11(15)7-9-12/h11-12,16H,6-10,15H2,1-5H3. The van der Waals surface area contributed by atoms with Crippen molar-refractivity contribution < 1.29 is 0 Å². The lowest BCUT2D eigenvalue weighted by Crippen LogP contribution is -2.45. The Morgan fingerprint density at radius 2 is 1.50 bits per heavy atom. The van der Waals surface area contributed by atoms with Crippen LogP contribution in [0.25, 0.3) is 0 Å². The van der Waals surface area contributed by atoms with Gasteiger partial charge < -0.3 is 11.1 Å². The molecular formula is C14H30N2. The van der Waals surface area contributed by atoms with Crippen molar-refractivity contribution in [2.45, 2.75) is 72.4 Å². The van der Waals surface area contributed by atoms with Crippen LogP contribution in [0.1, 0.15) is 60.3 Å². The molecule has 2 nitrogen and oxygen atoms in total. The first-order valence-electron chi connectivity index (χ1n) is 6.71. The van der Waals surface area contributed by atoms with Crippen LogP contribution in [-0.2, 0) is 0 Å². The fourth-order valence-corrected chi connectivity index (χ4v) is 1.99. The number of hydrogen-bond acceptors (Lipinski definition) is 2. The summed E-state index contributed by atoms with van der Waals surface area (Å²) in [6, 6.07) is 1.15. The van der Waals surface area contributed by atoms with Gasteiger partial charge in [0.2, 0.25) is 0 Å². The van der Waals surface area contributed by atoms with E-state index in [9.17, 15) is 0 Å². The topological polar surface area (TPSA) is 38.0 Å². The quantitative estimate of drug-likeness (QED) is 0.776. The van der Waals surface area contributed by atoms with E-state index in [1.165, 1.54) is 25.7 Å². The Labute approximate surface area is 101 Å². The van der Waals surface area contributed by atoms with Gasteiger partial charge in [-0.15, -0.1) is 0 Å². The number of nitrogens with two attached hydrogens (primary N) is 1. The van der Waals surface area contributed by atoms with Crippen molar-refractivity contribution in [2.75, 3.05) is 6.54 Å². The van der Waals surface area contributed by atoms with Crippen molar-refractivity contribution in [1.29, 1.82) is 0 Å². The van der Waals surface area contributed by atoms with Crippen molar-refractivity contribution in [3.63, 3.8) is 0 Å². The van der Waals surface area contributed by atoms with Crippen LogP contribution >= 0.6 is 0 Å². The maximum Gasteiger partial charge on any atom is 0.00684 e. The van der Waals surface area contributed by atoms with Crippen LogP contribution in [0.15, 0.2) is 0 Å². The maximum absolute atomic E-state index is 5.92. The predicted octanol–water partition coefficient (Wildman–Crippen LogP) is 2.92. The fourth-order valence-electron chi connectivity index (χ4n) is 1.99. The zero-order valence-corrected chi connectivity index (χ0v) is 11.8. The number of hydrogen-bond donors (Lipinski definition) is 2. The Morgan fingerprint density at radius 1 is 1.00 bits per heavy atom. The zero-order valence-electron chi connectivity index (χ0n) is 11.8. The molecule has 0 spiro atoms. The molecule has 1 aliphatic rings. The first-order chi connectivity index (χ1) is 7.22. The second-order valence-electron chi connectivity index (χ2n) is 7.13. The van der Waals surface area contributed by atoms with Crippen molar-refractivity contribution in [3.8, 4) is 0 Å². The van der Waals surface area contributed by atoms with Crippen LogP contribution in [0.3, 0.4) is 0 Å². The maximum atomic E-state index is 5.92. The van der Waals surface area contributed by atoms with Gasteiger partial charge in [-0.25, -0.2) is 0 Å². The SMILES string of the molecule is CC(C)(C)C(C)(C)CNC1CCC(N)CC1. The summed E-state index contributed by atoms with van der Waals surface area (Å²) in [4.78, 5) is 0. The summed E-state index contributed by atoms with van der Waals surface area (Å²) in [5, 5.41) is 3.73. The monoisotopic (exact) mass is 226 g/mol. The van der Waals surface area contributed by atoms with Gasteiger partial charge in [0.25, 0.3) is 0 Å². The van der Waals surface area contributed by atoms with Gasteiger partial charge in [-0.3, -0.25) is 0 Å². The van der Waals surface area contributed by atoms with Crippen LogP contribution in [0, 0.1) is 10.8 Å². The molecule has 3 N–H and O–H groups in total. The first kappa shape index (κ1) is 14.0. The summed E-state index contributed by atoms with van der Waals surface area (Å²) in [7, 11) is 0. The molecule has 0 aromatic rings. The molecular weight excluding hydrogens is 196 g/mol. The van der Waals surface area contributed by atoms with Gasteiger partial charge >= 0.3 is 0 Å². The molecule has 0 aromatic carbocycles. The van der Waals surface area contributed by atoms with E-state index in [1.54, 1.807) is 0 Å². The molecule has 1 saturated carbocycles. The largest absolute Gasteiger partial charge is 0.328 e. The minimum Gasteiger partial charge on any atom is -0.328 e. The second kappa shape index (κ2) is 5.05. The lowest BCUT2D eigenvalue weighted by atomic mass is 9.69. The van der Waals surface area contributed by atoms with Crippen LogP contribution in [0.5, 0.6) is 0 Å². The summed E-state index contributed by atoms with van der Waals surface area (Å²) in [5.41, 5.74) is 6.61. The normalized spacial score (nSPS) is 28.1. The molecule has 0 aliphatic heterocycles. The van der Waals surface area contributed by atoms with E-state index < -0.39 is 0 Å². The number of rotatable bonds is 3. The van der Waals surface area contributed by atoms with Gasteiger partial charge in [0.1, 0.15) is 0 Å². The summed E-state index contributed by atoms with van der Waals surface area (Å²) in [6.07, 6.45) is 4.88. The van der Waals surface area contributed by atoms with Gasteiger partial charge in [0.05, 0.1) is 0 Å². The Bertz CT molecular complexity index is 207. The Kier molecular flexibility index (Phi) is 4.42. The predicted molar refractivity (Wildman–Crippen MR) is 71.5 cm³/mol. The zero-order chi connectivity index (χ0) is 12.4. The van der Waals surface area contributed by atoms with E-state index in [2.05, 4.69) is 39.9 Å². The number of nitrogens with one attached hydrogen (secondary N) is 1. The minimum absolute atomic E-state index is 0.340. The molecule has 2 heteroatoms. The van der Waals surface area contributed by atoms with Gasteiger partial charge in [-0.2, -0.15) is 0 Å². The van der Waals surface area contributed by atoms with Crippen LogP contribution in [0.4, 0.5) is 0 Å². The molecule has 0 unspecified atom stereocenters. The van der Waals surface area contributed by atoms with Gasteiger partial charge in [0.15, 0.2) is 0 Å². The summed E-state index contributed by atoms with van der Waals surface area (Å²) < 4.78 is 0. The molecule has 0 bridgehead atoms. The third-order valence-electron chi connectivity index (χ3n) is 4.63. The van der Waals surface area contributed by atoms with Gasteiger partial charge in [-0.1, -0.05) is 34.6 Å². The molecule has 96 valence electrons.